The molecule has 4 N–H and O–H groups in total. The van der Waals surface area contributed by atoms with Crippen LogP contribution in [0.1, 0.15) is 93.8 Å². The molecule has 2 aromatic carbocycles. The third-order valence-electron chi connectivity index (χ3n) is 7.78. The second kappa shape index (κ2) is 11.8. The van der Waals surface area contributed by atoms with E-state index in [0.29, 0.717) is 31.4 Å². The number of ether oxygens (including phenoxy) is 1. The fraction of sp³-hybridized carbons (Fsp3) is 0.467. The van der Waals surface area contributed by atoms with Gasteiger partial charge < -0.3 is 15.2 Å². The van der Waals surface area contributed by atoms with Crippen LogP contribution in [0.2, 0.25) is 0 Å². The lowest BCUT2D eigenvalue weighted by atomic mass is 9.85. The maximum absolute atomic E-state index is 13.4. The minimum Gasteiger partial charge on any atom is -0.493 e. The topological polar surface area (TPSA) is 97.7 Å². The van der Waals surface area contributed by atoms with Crippen molar-refractivity contribution in [2.75, 3.05) is 6.61 Å². The number of carbonyl (C=O) groups excluding carboxylic acids is 1. The number of unbranched alkanes of at least 4 members (excludes halogenated alkanes) is 1. The van der Waals surface area contributed by atoms with E-state index in [4.69, 9.17) is 16.6 Å². The molecular weight excluding hydrogens is 464 g/mol. The Morgan fingerprint density at radius 1 is 1.24 bits per heavy atom. The molecule has 1 saturated heterocycles. The zero-order valence-electron chi connectivity index (χ0n) is 21.8. The lowest BCUT2D eigenvalue weighted by Gasteiger charge is -2.45. The largest absolute Gasteiger partial charge is 0.493 e. The predicted molar refractivity (Wildman–Crippen MR) is 145 cm³/mol. The van der Waals surface area contributed by atoms with Crippen LogP contribution in [-0.4, -0.2) is 34.0 Å². The summed E-state index contributed by atoms with van der Waals surface area (Å²) in [5.41, 5.74) is 2.24. The van der Waals surface area contributed by atoms with E-state index >= 15 is 0 Å². The van der Waals surface area contributed by atoms with Crippen molar-refractivity contribution in [2.24, 2.45) is 0 Å². The summed E-state index contributed by atoms with van der Waals surface area (Å²) in [5, 5.41) is 26.6. The minimum atomic E-state index is -0.898. The maximum atomic E-state index is 13.4. The first-order chi connectivity index (χ1) is 17.9. The number of aliphatic hydroxyl groups excluding tert-OH is 1. The van der Waals surface area contributed by atoms with Crippen LogP contribution in [0.25, 0.3) is 0 Å². The maximum Gasteiger partial charge on any atom is 0.232 e. The number of terminal acetylenes is 1. The number of benzene rings is 2. The highest BCUT2D eigenvalue weighted by Gasteiger charge is 2.42. The molecule has 0 aromatic heterocycles. The molecule has 2 aromatic rings. The number of carbonyl (C=O) groups is 1. The van der Waals surface area contributed by atoms with Gasteiger partial charge in [-0.2, -0.15) is 0 Å². The summed E-state index contributed by atoms with van der Waals surface area (Å²) >= 11 is 0. The van der Waals surface area contributed by atoms with Gasteiger partial charge in [0, 0.05) is 30.0 Å². The molecule has 1 unspecified atom stereocenters. The van der Waals surface area contributed by atoms with Gasteiger partial charge in [0.25, 0.3) is 0 Å². The molecule has 4 rings (SSSR count). The number of rotatable bonds is 10. The van der Waals surface area contributed by atoms with Crippen LogP contribution in [0.15, 0.2) is 48.5 Å². The van der Waals surface area contributed by atoms with Gasteiger partial charge in [0.1, 0.15) is 12.0 Å². The first-order valence-corrected chi connectivity index (χ1v) is 13.3. The van der Waals surface area contributed by atoms with Crippen LogP contribution in [0, 0.1) is 17.8 Å². The van der Waals surface area contributed by atoms with Crippen molar-refractivity contribution in [2.45, 2.75) is 82.6 Å². The van der Waals surface area contributed by atoms with Crippen LogP contribution in [0.5, 0.6) is 5.75 Å². The third-order valence-corrected chi connectivity index (χ3v) is 7.78. The van der Waals surface area contributed by atoms with Crippen LogP contribution in [-0.2, 0) is 4.79 Å². The van der Waals surface area contributed by atoms with E-state index < -0.39 is 6.23 Å². The highest BCUT2D eigenvalue weighted by Crippen LogP contribution is 2.36. The van der Waals surface area contributed by atoms with E-state index in [-0.39, 0.29) is 29.5 Å². The number of nitrogens with one attached hydrogen (secondary N) is 3. The van der Waals surface area contributed by atoms with Gasteiger partial charge in [-0.25, -0.2) is 0 Å². The molecule has 0 bridgehead atoms. The zero-order chi connectivity index (χ0) is 26.4. The highest BCUT2D eigenvalue weighted by atomic mass is 16.5. The Kier molecular flexibility index (Phi) is 8.52. The van der Waals surface area contributed by atoms with Gasteiger partial charge in [-0.05, 0) is 48.9 Å². The van der Waals surface area contributed by atoms with Gasteiger partial charge in [-0.15, -0.1) is 12.3 Å². The SMILES string of the molecule is C#CCCC[C@H](c1cccc(C(O)N[C@H]2CCOc3ccccc32)c1)N1C(=N)NC(CC)(CC)CC1=O. The quantitative estimate of drug-likeness (QED) is 0.209. The molecule has 0 spiro atoms. The van der Waals surface area contributed by atoms with Gasteiger partial charge in [0.2, 0.25) is 5.91 Å². The van der Waals surface area contributed by atoms with Gasteiger partial charge in [0.05, 0.1) is 19.1 Å². The van der Waals surface area contributed by atoms with E-state index in [0.717, 1.165) is 42.6 Å². The van der Waals surface area contributed by atoms with E-state index in [1.54, 1.807) is 4.90 Å². The second-order valence-electron chi connectivity index (χ2n) is 9.98. The second-order valence-corrected chi connectivity index (χ2v) is 9.98. The zero-order valence-corrected chi connectivity index (χ0v) is 21.8. The van der Waals surface area contributed by atoms with E-state index in [1.807, 2.05) is 62.4 Å². The third kappa shape index (κ3) is 5.82. The molecule has 0 saturated carbocycles. The van der Waals surface area contributed by atoms with Crippen molar-refractivity contribution in [1.29, 1.82) is 5.41 Å². The Bertz CT molecular complexity index is 1130. The molecule has 2 heterocycles. The molecule has 196 valence electrons. The van der Waals surface area contributed by atoms with Crippen molar-refractivity contribution < 1.29 is 14.6 Å². The number of fused-ring (bicyclic) bond motifs is 1. The number of hydrogen-bond donors (Lipinski definition) is 4. The van der Waals surface area contributed by atoms with Gasteiger partial charge in [0.15, 0.2) is 5.96 Å². The number of amides is 1. The summed E-state index contributed by atoms with van der Waals surface area (Å²) in [6, 6.07) is 15.2. The number of nitrogens with zero attached hydrogens (tertiary/aromatic N) is 1. The Morgan fingerprint density at radius 3 is 2.73 bits per heavy atom. The Hall–Kier alpha value is -3.34. The lowest BCUT2D eigenvalue weighted by molar-refractivity contribution is -0.132. The van der Waals surface area contributed by atoms with Crippen molar-refractivity contribution in [3.05, 3.63) is 65.2 Å². The Morgan fingerprint density at radius 2 is 2.00 bits per heavy atom. The predicted octanol–water partition coefficient (Wildman–Crippen LogP) is 4.95. The first kappa shape index (κ1) is 26.7. The monoisotopic (exact) mass is 502 g/mol. The minimum absolute atomic E-state index is 0.0349. The Labute approximate surface area is 220 Å². The molecular formula is C30H38N4O3. The average molecular weight is 503 g/mol. The van der Waals surface area contributed by atoms with Crippen LogP contribution < -0.4 is 15.4 Å². The molecule has 1 amide bonds. The molecule has 7 heteroatoms. The normalized spacial score (nSPS) is 20.3. The van der Waals surface area contributed by atoms with Crippen molar-refractivity contribution >= 4 is 11.9 Å². The van der Waals surface area contributed by atoms with Gasteiger partial charge in [-0.1, -0.05) is 50.2 Å². The van der Waals surface area contributed by atoms with Crippen LogP contribution in [0.4, 0.5) is 0 Å². The fourth-order valence-electron chi connectivity index (χ4n) is 5.44. The molecule has 0 radical (unpaired) electrons. The standard InChI is InChI=1S/C30H38N4O3/c1-4-7-8-15-25(34-27(35)20-30(5-2,6-3)33-29(34)31)21-12-11-13-22(19-21)28(36)32-24-17-18-37-26-16-10-9-14-23(24)26/h1,9-14,16,19,24-25,28,32,36H,5-8,15,17-18,20H2,2-3H3,(H2,31,33)/t24-,25+,28?/m0/s1. The van der Waals surface area contributed by atoms with E-state index in [9.17, 15) is 9.90 Å². The summed E-state index contributed by atoms with van der Waals surface area (Å²) < 4.78 is 5.76. The summed E-state index contributed by atoms with van der Waals surface area (Å²) in [5.74, 6) is 3.60. The summed E-state index contributed by atoms with van der Waals surface area (Å²) in [7, 11) is 0. The summed E-state index contributed by atoms with van der Waals surface area (Å²) in [6.07, 6.45) is 9.22. The van der Waals surface area contributed by atoms with Crippen LogP contribution in [0.3, 0.4) is 0 Å². The summed E-state index contributed by atoms with van der Waals surface area (Å²) in [6.45, 7) is 4.68. The van der Waals surface area contributed by atoms with Gasteiger partial charge >= 0.3 is 0 Å². The first-order valence-electron chi connectivity index (χ1n) is 13.3. The molecule has 7 nitrogen and oxygen atoms in total. The molecule has 2 aliphatic heterocycles. The lowest BCUT2D eigenvalue weighted by Crippen LogP contribution is -2.62. The fourth-order valence-corrected chi connectivity index (χ4v) is 5.44. The Balaban J connectivity index is 1.58. The van der Waals surface area contributed by atoms with Crippen LogP contribution >= 0.6 is 0 Å². The van der Waals surface area contributed by atoms with E-state index in [1.165, 1.54) is 0 Å². The number of para-hydroxylation sites is 1. The van der Waals surface area contributed by atoms with Crippen molar-refractivity contribution in [3.63, 3.8) is 0 Å². The molecule has 37 heavy (non-hydrogen) atoms. The van der Waals surface area contributed by atoms with E-state index in [2.05, 4.69) is 16.6 Å². The van der Waals surface area contributed by atoms with Crippen molar-refractivity contribution in [3.8, 4) is 18.1 Å². The number of aliphatic hydroxyl groups is 1. The average Bonchev–Trinajstić information content (AvgIpc) is 2.92. The molecule has 1 fully saturated rings. The molecule has 3 atom stereocenters. The van der Waals surface area contributed by atoms with Gasteiger partial charge in [-0.3, -0.25) is 20.4 Å². The smallest absolute Gasteiger partial charge is 0.232 e. The summed E-state index contributed by atoms with van der Waals surface area (Å²) in [4.78, 5) is 15.0. The van der Waals surface area contributed by atoms with Crippen molar-refractivity contribution in [1.82, 2.24) is 15.5 Å². The molecule has 0 aliphatic carbocycles. The highest BCUT2D eigenvalue weighted by molar-refractivity contribution is 5.99. The number of hydrogen-bond acceptors (Lipinski definition) is 5. The molecule has 2 aliphatic rings. The number of guanidine groups is 1.